The van der Waals surface area contributed by atoms with Crippen molar-refractivity contribution >= 4 is 23.1 Å². The third-order valence-electron chi connectivity index (χ3n) is 3.18. The number of aromatic nitrogens is 4. The van der Waals surface area contributed by atoms with E-state index in [0.29, 0.717) is 11.7 Å². The minimum absolute atomic E-state index is 0.0115. The van der Waals surface area contributed by atoms with Gasteiger partial charge in [-0.25, -0.2) is 4.98 Å². The highest BCUT2D eigenvalue weighted by Crippen LogP contribution is 2.22. The van der Waals surface area contributed by atoms with Crippen molar-refractivity contribution in [2.24, 2.45) is 7.05 Å². The first-order valence-electron chi connectivity index (χ1n) is 6.88. The van der Waals surface area contributed by atoms with Gasteiger partial charge in [-0.15, -0.1) is 11.3 Å². The Balaban J connectivity index is 1.48. The van der Waals surface area contributed by atoms with Crippen molar-refractivity contribution in [3.8, 4) is 10.7 Å². The number of thioether (sulfide) groups is 1. The molecular weight excluding hydrogens is 320 g/mol. The van der Waals surface area contributed by atoms with Gasteiger partial charge in [0.2, 0.25) is 11.7 Å². The molecule has 0 unspecified atom stereocenters. The van der Waals surface area contributed by atoms with E-state index in [2.05, 4.69) is 15.1 Å². The topological polar surface area (TPSA) is 77.0 Å². The summed E-state index contributed by atoms with van der Waals surface area (Å²) in [6.07, 6.45) is 3.38. The van der Waals surface area contributed by atoms with Crippen LogP contribution in [0, 0.1) is 0 Å². The molecular formula is C14H16N4O2S2. The molecule has 0 saturated heterocycles. The molecule has 1 N–H and O–H groups in total. The predicted octanol–water partition coefficient (Wildman–Crippen LogP) is 2.75. The smallest absolute Gasteiger partial charge is 0.227 e. The first-order chi connectivity index (χ1) is 10.8. The van der Waals surface area contributed by atoms with Gasteiger partial charge in [0, 0.05) is 19.2 Å². The maximum atomic E-state index is 9.14. The first kappa shape index (κ1) is 15.3. The molecule has 8 heteroatoms. The molecule has 116 valence electrons. The Morgan fingerprint density at radius 2 is 2.36 bits per heavy atom. The molecule has 0 amide bonds. The second-order valence-electron chi connectivity index (χ2n) is 4.69. The van der Waals surface area contributed by atoms with Crippen LogP contribution >= 0.6 is 23.1 Å². The standard InChI is InChI=1S/C14H16N4O2S2/c1-18-10(9-19)8-15-14(18)22-7-3-5-12-16-13(17-20-12)11-4-2-6-21-11/h2,4,6,8,19H,3,5,7,9H2,1H3. The summed E-state index contributed by atoms with van der Waals surface area (Å²) in [6.45, 7) is 0.0115. The van der Waals surface area contributed by atoms with Gasteiger partial charge in [-0.1, -0.05) is 23.0 Å². The van der Waals surface area contributed by atoms with Crippen LogP contribution in [0.3, 0.4) is 0 Å². The zero-order valence-corrected chi connectivity index (χ0v) is 13.7. The molecule has 0 radical (unpaired) electrons. The van der Waals surface area contributed by atoms with E-state index in [0.717, 1.165) is 34.3 Å². The second kappa shape index (κ2) is 7.08. The fraction of sp³-hybridized carbons (Fsp3) is 0.357. The van der Waals surface area contributed by atoms with Gasteiger partial charge >= 0.3 is 0 Å². The second-order valence-corrected chi connectivity index (χ2v) is 6.70. The number of rotatable bonds is 7. The van der Waals surface area contributed by atoms with Crippen LogP contribution in [0.5, 0.6) is 0 Å². The molecule has 6 nitrogen and oxygen atoms in total. The minimum Gasteiger partial charge on any atom is -0.390 e. The fourth-order valence-corrected chi connectivity index (χ4v) is 3.51. The highest BCUT2D eigenvalue weighted by molar-refractivity contribution is 7.99. The summed E-state index contributed by atoms with van der Waals surface area (Å²) in [5.74, 6) is 2.24. The normalized spacial score (nSPS) is 11.2. The zero-order chi connectivity index (χ0) is 15.4. The third kappa shape index (κ3) is 3.40. The van der Waals surface area contributed by atoms with E-state index in [1.54, 1.807) is 29.3 Å². The Morgan fingerprint density at radius 1 is 1.45 bits per heavy atom. The van der Waals surface area contributed by atoms with E-state index in [1.165, 1.54) is 0 Å². The molecule has 0 saturated carbocycles. The number of nitrogens with zero attached hydrogens (tertiary/aromatic N) is 4. The molecule has 3 rings (SSSR count). The lowest BCUT2D eigenvalue weighted by Gasteiger charge is -2.02. The minimum atomic E-state index is 0.0115. The van der Waals surface area contributed by atoms with E-state index in [1.807, 2.05) is 29.1 Å². The van der Waals surface area contributed by atoms with Crippen molar-refractivity contribution in [3.63, 3.8) is 0 Å². The third-order valence-corrected chi connectivity index (χ3v) is 5.18. The Hall–Kier alpha value is -1.64. The first-order valence-corrected chi connectivity index (χ1v) is 8.75. The number of imidazole rings is 1. The summed E-state index contributed by atoms with van der Waals surface area (Å²) in [4.78, 5) is 9.71. The molecule has 0 bridgehead atoms. The van der Waals surface area contributed by atoms with Gasteiger partial charge in [0.1, 0.15) is 0 Å². The maximum absolute atomic E-state index is 9.14. The van der Waals surface area contributed by atoms with Crippen LogP contribution < -0.4 is 0 Å². The summed E-state index contributed by atoms with van der Waals surface area (Å²) in [5, 5.41) is 16.0. The van der Waals surface area contributed by atoms with Crippen LogP contribution in [0.1, 0.15) is 18.0 Å². The van der Waals surface area contributed by atoms with Gasteiger partial charge < -0.3 is 14.2 Å². The highest BCUT2D eigenvalue weighted by atomic mass is 32.2. The predicted molar refractivity (Wildman–Crippen MR) is 85.8 cm³/mol. The zero-order valence-electron chi connectivity index (χ0n) is 12.1. The number of aryl methyl sites for hydroxylation is 1. The van der Waals surface area contributed by atoms with Gasteiger partial charge in [-0.05, 0) is 17.9 Å². The SMILES string of the molecule is Cn1c(CO)cnc1SCCCc1nc(-c2cccs2)no1. The van der Waals surface area contributed by atoms with E-state index < -0.39 is 0 Å². The van der Waals surface area contributed by atoms with Gasteiger partial charge in [0.25, 0.3) is 0 Å². The Kier molecular flexibility index (Phi) is 4.91. The van der Waals surface area contributed by atoms with Crippen molar-refractivity contribution < 1.29 is 9.63 Å². The van der Waals surface area contributed by atoms with Crippen LogP contribution in [0.15, 0.2) is 33.4 Å². The molecule has 3 heterocycles. The van der Waals surface area contributed by atoms with E-state index >= 15 is 0 Å². The van der Waals surface area contributed by atoms with E-state index in [-0.39, 0.29) is 6.61 Å². The van der Waals surface area contributed by atoms with Crippen LogP contribution in [-0.2, 0) is 20.1 Å². The largest absolute Gasteiger partial charge is 0.390 e. The number of aliphatic hydroxyl groups excluding tert-OH is 1. The average Bonchev–Trinajstić information content (AvgIpc) is 3.25. The van der Waals surface area contributed by atoms with E-state index in [9.17, 15) is 0 Å². The Morgan fingerprint density at radius 3 is 3.09 bits per heavy atom. The Labute approximate surface area is 136 Å². The highest BCUT2D eigenvalue weighted by Gasteiger charge is 2.10. The maximum Gasteiger partial charge on any atom is 0.227 e. The molecule has 3 aromatic rings. The summed E-state index contributed by atoms with van der Waals surface area (Å²) in [7, 11) is 1.91. The molecule has 0 aliphatic heterocycles. The number of hydrogen-bond donors (Lipinski definition) is 1. The number of aliphatic hydroxyl groups is 1. The summed E-state index contributed by atoms with van der Waals surface area (Å²) in [6, 6.07) is 3.95. The molecule has 3 aromatic heterocycles. The molecule has 22 heavy (non-hydrogen) atoms. The van der Waals surface area contributed by atoms with Gasteiger partial charge in [0.05, 0.1) is 23.4 Å². The molecule has 0 fully saturated rings. The quantitative estimate of drug-likeness (QED) is 0.528. The van der Waals surface area contributed by atoms with Gasteiger partial charge in [-0.2, -0.15) is 4.98 Å². The number of hydrogen-bond acceptors (Lipinski definition) is 7. The lowest BCUT2D eigenvalue weighted by atomic mass is 10.3. The number of thiophene rings is 1. The lowest BCUT2D eigenvalue weighted by molar-refractivity contribution is 0.271. The van der Waals surface area contributed by atoms with Crippen LogP contribution in [0.25, 0.3) is 10.7 Å². The fourth-order valence-electron chi connectivity index (χ4n) is 1.96. The van der Waals surface area contributed by atoms with E-state index in [4.69, 9.17) is 9.63 Å². The van der Waals surface area contributed by atoms with Crippen LogP contribution in [-0.4, -0.2) is 30.6 Å². The monoisotopic (exact) mass is 336 g/mol. The molecule has 0 spiro atoms. The molecule has 0 aromatic carbocycles. The summed E-state index contributed by atoms with van der Waals surface area (Å²) < 4.78 is 7.18. The van der Waals surface area contributed by atoms with Gasteiger partial charge in [0.15, 0.2) is 5.16 Å². The van der Waals surface area contributed by atoms with Crippen molar-refractivity contribution in [1.82, 2.24) is 19.7 Å². The van der Waals surface area contributed by atoms with Crippen LogP contribution in [0.4, 0.5) is 0 Å². The van der Waals surface area contributed by atoms with Crippen molar-refractivity contribution in [1.29, 1.82) is 0 Å². The summed E-state index contributed by atoms with van der Waals surface area (Å²) in [5.41, 5.74) is 0.819. The van der Waals surface area contributed by atoms with Gasteiger partial charge in [-0.3, -0.25) is 0 Å². The van der Waals surface area contributed by atoms with Crippen molar-refractivity contribution in [2.45, 2.75) is 24.6 Å². The average molecular weight is 336 g/mol. The van der Waals surface area contributed by atoms with Crippen molar-refractivity contribution in [2.75, 3.05) is 5.75 Å². The lowest BCUT2D eigenvalue weighted by Crippen LogP contribution is -1.98. The summed E-state index contributed by atoms with van der Waals surface area (Å²) >= 11 is 3.26. The Bertz CT molecular complexity index is 721. The van der Waals surface area contributed by atoms with Crippen molar-refractivity contribution in [3.05, 3.63) is 35.3 Å². The molecule has 0 aliphatic carbocycles. The molecule has 0 atom stereocenters. The molecule has 0 aliphatic rings. The van der Waals surface area contributed by atoms with Crippen LogP contribution in [0.2, 0.25) is 0 Å².